The smallest absolute Gasteiger partial charge is 0.178 e. The molecule has 0 aliphatic carbocycles. The van der Waals surface area contributed by atoms with E-state index in [0.717, 1.165) is 27.9 Å². The summed E-state index contributed by atoms with van der Waals surface area (Å²) < 4.78 is 7.90. The van der Waals surface area contributed by atoms with Crippen molar-refractivity contribution in [3.8, 4) is 0 Å². The first-order valence-electron chi connectivity index (χ1n) is 5.44. The average molecular weight is 244 g/mol. The highest BCUT2D eigenvalue weighted by Crippen LogP contribution is 2.17. The number of furan rings is 1. The van der Waals surface area contributed by atoms with Gasteiger partial charge in [-0.25, -0.2) is 0 Å². The molecule has 0 aliphatic heterocycles. The van der Waals surface area contributed by atoms with Crippen LogP contribution in [0, 0.1) is 11.7 Å². The van der Waals surface area contributed by atoms with Crippen molar-refractivity contribution in [1.29, 1.82) is 0 Å². The van der Waals surface area contributed by atoms with Gasteiger partial charge in [-0.05, 0) is 42.9 Å². The fourth-order valence-electron chi connectivity index (χ4n) is 2.00. The lowest BCUT2D eigenvalue weighted by Gasteiger charge is -2.02. The van der Waals surface area contributed by atoms with Gasteiger partial charge in [0, 0.05) is 5.56 Å². The second-order valence-corrected chi connectivity index (χ2v) is 4.56. The minimum Gasteiger partial charge on any atom is -0.472 e. The first-order chi connectivity index (χ1) is 8.24. The van der Waals surface area contributed by atoms with Gasteiger partial charge in [-0.2, -0.15) is 0 Å². The van der Waals surface area contributed by atoms with Gasteiger partial charge in [0.25, 0.3) is 0 Å². The van der Waals surface area contributed by atoms with E-state index in [1.165, 1.54) is 5.56 Å². The van der Waals surface area contributed by atoms with Crippen LogP contribution in [0.1, 0.15) is 11.1 Å². The molecule has 0 aliphatic rings. The number of nitrogens with zero attached hydrogens (tertiary/aromatic N) is 1. The van der Waals surface area contributed by atoms with E-state index < -0.39 is 0 Å². The number of fused-ring (bicyclic) bond motifs is 1. The van der Waals surface area contributed by atoms with E-state index in [2.05, 4.69) is 34.7 Å². The van der Waals surface area contributed by atoms with Crippen molar-refractivity contribution in [2.75, 3.05) is 0 Å². The molecule has 0 atom stereocenters. The Labute approximate surface area is 104 Å². The third-order valence-corrected chi connectivity index (χ3v) is 3.17. The van der Waals surface area contributed by atoms with Crippen molar-refractivity contribution in [3.63, 3.8) is 0 Å². The Bertz CT molecular complexity index is 707. The summed E-state index contributed by atoms with van der Waals surface area (Å²) in [5.74, 6) is 0. The van der Waals surface area contributed by atoms with Gasteiger partial charge in [-0.15, -0.1) is 0 Å². The zero-order valence-electron chi connectivity index (χ0n) is 9.43. The van der Waals surface area contributed by atoms with Gasteiger partial charge in [0.1, 0.15) is 0 Å². The highest BCUT2D eigenvalue weighted by atomic mass is 32.1. The molecule has 0 radical (unpaired) electrons. The molecular weight excluding hydrogens is 232 g/mol. The number of hydrogen-bond acceptors (Lipinski definition) is 2. The van der Waals surface area contributed by atoms with Crippen LogP contribution in [0.2, 0.25) is 0 Å². The summed E-state index contributed by atoms with van der Waals surface area (Å²) in [4.78, 5) is 3.23. The van der Waals surface area contributed by atoms with Crippen molar-refractivity contribution in [3.05, 3.63) is 52.7 Å². The van der Waals surface area contributed by atoms with Crippen LogP contribution in [-0.2, 0) is 6.54 Å². The number of rotatable bonds is 2. The molecule has 0 spiro atoms. The monoisotopic (exact) mass is 244 g/mol. The summed E-state index contributed by atoms with van der Waals surface area (Å²) in [6, 6.07) is 8.25. The van der Waals surface area contributed by atoms with Crippen LogP contribution < -0.4 is 0 Å². The Morgan fingerprint density at radius 3 is 3.00 bits per heavy atom. The Balaban J connectivity index is 2.16. The minimum atomic E-state index is 0.735. The summed E-state index contributed by atoms with van der Waals surface area (Å²) in [7, 11) is 0. The highest BCUT2D eigenvalue weighted by molar-refractivity contribution is 7.71. The second kappa shape index (κ2) is 3.89. The molecule has 1 N–H and O–H groups in total. The van der Waals surface area contributed by atoms with E-state index in [-0.39, 0.29) is 0 Å². The number of aromatic nitrogens is 2. The summed E-state index contributed by atoms with van der Waals surface area (Å²) in [6.07, 6.45) is 3.42. The normalized spacial score (nSPS) is 11.1. The molecule has 1 aromatic carbocycles. The molecule has 2 aromatic heterocycles. The summed E-state index contributed by atoms with van der Waals surface area (Å²) >= 11 is 5.35. The lowest BCUT2D eigenvalue weighted by Crippen LogP contribution is -1.98. The van der Waals surface area contributed by atoms with Crippen molar-refractivity contribution >= 4 is 23.3 Å². The molecule has 86 valence electrons. The number of aryl methyl sites for hydroxylation is 1. The van der Waals surface area contributed by atoms with E-state index in [0.29, 0.717) is 0 Å². The highest BCUT2D eigenvalue weighted by Gasteiger charge is 2.05. The van der Waals surface area contributed by atoms with Crippen molar-refractivity contribution in [2.45, 2.75) is 13.5 Å². The van der Waals surface area contributed by atoms with Gasteiger partial charge >= 0.3 is 0 Å². The van der Waals surface area contributed by atoms with E-state index in [1.807, 2.05) is 6.07 Å². The van der Waals surface area contributed by atoms with Crippen molar-refractivity contribution in [2.24, 2.45) is 0 Å². The molecule has 0 saturated carbocycles. The predicted octanol–water partition coefficient (Wildman–Crippen LogP) is 3.65. The van der Waals surface area contributed by atoms with Gasteiger partial charge in [-0.3, -0.25) is 0 Å². The lowest BCUT2D eigenvalue weighted by molar-refractivity contribution is 0.562. The number of H-pyrrole nitrogens is 1. The Morgan fingerprint density at radius 1 is 1.35 bits per heavy atom. The maximum absolute atomic E-state index is 5.35. The lowest BCUT2D eigenvalue weighted by atomic mass is 10.2. The molecule has 3 nitrogen and oxygen atoms in total. The first kappa shape index (κ1) is 10.4. The fourth-order valence-corrected chi connectivity index (χ4v) is 2.27. The Morgan fingerprint density at radius 2 is 2.24 bits per heavy atom. The molecule has 3 rings (SSSR count). The van der Waals surface area contributed by atoms with Crippen molar-refractivity contribution < 1.29 is 4.42 Å². The molecule has 2 heterocycles. The summed E-state index contributed by atoms with van der Waals surface area (Å²) in [5.41, 5.74) is 4.55. The maximum Gasteiger partial charge on any atom is 0.178 e. The molecule has 0 saturated heterocycles. The number of imidazole rings is 1. The van der Waals surface area contributed by atoms with Gasteiger partial charge in [0.2, 0.25) is 0 Å². The van der Waals surface area contributed by atoms with Crippen LogP contribution in [0.15, 0.2) is 41.2 Å². The quantitative estimate of drug-likeness (QED) is 0.698. The van der Waals surface area contributed by atoms with Gasteiger partial charge in [0.15, 0.2) is 4.77 Å². The number of benzene rings is 1. The first-order valence-corrected chi connectivity index (χ1v) is 5.85. The molecule has 0 bridgehead atoms. The van der Waals surface area contributed by atoms with Crippen LogP contribution in [-0.4, -0.2) is 9.55 Å². The number of nitrogens with one attached hydrogen (secondary N) is 1. The average Bonchev–Trinajstić information content (AvgIpc) is 2.88. The third kappa shape index (κ3) is 1.80. The van der Waals surface area contributed by atoms with Gasteiger partial charge < -0.3 is 14.0 Å². The topological polar surface area (TPSA) is 33.9 Å². The SMILES string of the molecule is Cc1ccc2c(c1)[nH]c(=S)n2Cc1ccoc1. The number of hydrogen-bond donors (Lipinski definition) is 1. The van der Waals surface area contributed by atoms with E-state index in [4.69, 9.17) is 16.6 Å². The molecule has 17 heavy (non-hydrogen) atoms. The molecule has 0 amide bonds. The zero-order chi connectivity index (χ0) is 11.8. The van der Waals surface area contributed by atoms with Crippen LogP contribution in [0.25, 0.3) is 11.0 Å². The standard InChI is InChI=1S/C13H12N2OS/c1-9-2-3-12-11(6-9)14-13(17)15(12)7-10-4-5-16-8-10/h2-6,8H,7H2,1H3,(H,14,17). The molecule has 3 aromatic rings. The van der Waals surface area contributed by atoms with E-state index in [1.54, 1.807) is 12.5 Å². The molecular formula is C13H12N2OS. The fraction of sp³-hybridized carbons (Fsp3) is 0.154. The second-order valence-electron chi connectivity index (χ2n) is 4.17. The minimum absolute atomic E-state index is 0.735. The summed E-state index contributed by atoms with van der Waals surface area (Å²) in [5, 5.41) is 0. The molecule has 0 unspecified atom stereocenters. The Kier molecular flexibility index (Phi) is 2.37. The maximum atomic E-state index is 5.35. The summed E-state index contributed by atoms with van der Waals surface area (Å²) in [6.45, 7) is 2.81. The van der Waals surface area contributed by atoms with E-state index in [9.17, 15) is 0 Å². The predicted molar refractivity (Wildman–Crippen MR) is 69.7 cm³/mol. The van der Waals surface area contributed by atoms with Gasteiger partial charge in [-0.1, -0.05) is 6.07 Å². The third-order valence-electron chi connectivity index (χ3n) is 2.85. The van der Waals surface area contributed by atoms with Crippen LogP contribution >= 0.6 is 12.2 Å². The molecule has 4 heteroatoms. The largest absolute Gasteiger partial charge is 0.472 e. The zero-order valence-corrected chi connectivity index (χ0v) is 10.3. The number of aromatic amines is 1. The van der Waals surface area contributed by atoms with Crippen molar-refractivity contribution in [1.82, 2.24) is 9.55 Å². The van der Waals surface area contributed by atoms with Crippen LogP contribution in [0.5, 0.6) is 0 Å². The van der Waals surface area contributed by atoms with E-state index >= 15 is 0 Å². The Hall–Kier alpha value is -1.81. The van der Waals surface area contributed by atoms with Gasteiger partial charge in [0.05, 0.1) is 30.1 Å². The molecule has 0 fully saturated rings. The van der Waals surface area contributed by atoms with Crippen LogP contribution in [0.3, 0.4) is 0 Å². The van der Waals surface area contributed by atoms with Crippen LogP contribution in [0.4, 0.5) is 0 Å².